The summed E-state index contributed by atoms with van der Waals surface area (Å²) in [5.74, 6) is -1.02. The van der Waals surface area contributed by atoms with Crippen molar-refractivity contribution in [3.63, 3.8) is 0 Å². The third-order valence-corrected chi connectivity index (χ3v) is 6.62. The summed E-state index contributed by atoms with van der Waals surface area (Å²) in [5, 5.41) is 9.27. The van der Waals surface area contributed by atoms with Crippen LogP contribution in [0.4, 0.5) is 5.69 Å². The molecule has 0 aliphatic carbocycles. The van der Waals surface area contributed by atoms with Crippen molar-refractivity contribution < 1.29 is 37.3 Å². The van der Waals surface area contributed by atoms with Crippen LogP contribution in [0.25, 0.3) is 0 Å². The molecule has 0 saturated carbocycles. The van der Waals surface area contributed by atoms with Gasteiger partial charge in [0.2, 0.25) is 10.0 Å². The zero-order valence-electron chi connectivity index (χ0n) is 18.2. The fourth-order valence-corrected chi connectivity index (χ4v) is 4.67. The first kappa shape index (κ1) is 24.7. The number of carbonyl (C=O) groups is 1. The number of anilines is 1. The minimum atomic E-state index is -3.63. The number of sulfonamides is 1. The summed E-state index contributed by atoms with van der Waals surface area (Å²) in [6.07, 6.45) is 3.11. The first-order chi connectivity index (χ1) is 15.4. The number of nitrogens with one attached hydrogen (secondary N) is 1. The van der Waals surface area contributed by atoms with E-state index < -0.39 is 16.0 Å². The van der Waals surface area contributed by atoms with E-state index in [9.17, 15) is 18.3 Å². The summed E-state index contributed by atoms with van der Waals surface area (Å²) < 4.78 is 49.8. The Morgan fingerprint density at radius 3 is 2.72 bits per heavy atom. The van der Waals surface area contributed by atoms with Crippen molar-refractivity contribution in [3.05, 3.63) is 23.8 Å². The molecule has 180 valence electrons. The Hall–Kier alpha value is -1.92. The predicted molar refractivity (Wildman–Crippen MR) is 118 cm³/mol. The lowest BCUT2D eigenvalue weighted by molar-refractivity contribution is -0.165. The highest BCUT2D eigenvalue weighted by atomic mass is 32.2. The highest BCUT2D eigenvalue weighted by molar-refractivity contribution is 7.92. The van der Waals surface area contributed by atoms with Crippen LogP contribution in [0, 0.1) is 0 Å². The number of rotatable bonds is 12. The van der Waals surface area contributed by atoms with Crippen molar-refractivity contribution in [1.82, 2.24) is 4.90 Å². The van der Waals surface area contributed by atoms with Gasteiger partial charge in [-0.3, -0.25) is 9.62 Å². The second kappa shape index (κ2) is 12.4. The molecule has 1 atom stereocenters. The Morgan fingerprint density at radius 2 is 2.00 bits per heavy atom. The quantitative estimate of drug-likeness (QED) is 0.438. The van der Waals surface area contributed by atoms with Crippen LogP contribution in [-0.4, -0.2) is 89.1 Å². The van der Waals surface area contributed by atoms with E-state index in [1.54, 1.807) is 0 Å². The lowest BCUT2D eigenvalue weighted by atomic mass is 10.2. The van der Waals surface area contributed by atoms with Crippen LogP contribution >= 0.6 is 0 Å². The van der Waals surface area contributed by atoms with Gasteiger partial charge in [-0.25, -0.2) is 13.2 Å². The Kier molecular flexibility index (Phi) is 9.54. The van der Waals surface area contributed by atoms with Crippen LogP contribution in [0.5, 0.6) is 5.75 Å². The van der Waals surface area contributed by atoms with Gasteiger partial charge in [0.05, 0.1) is 36.8 Å². The Labute approximate surface area is 188 Å². The molecule has 3 rings (SSSR count). The van der Waals surface area contributed by atoms with Crippen molar-refractivity contribution in [2.45, 2.75) is 32.0 Å². The second-order valence-corrected chi connectivity index (χ2v) is 9.60. The van der Waals surface area contributed by atoms with Crippen molar-refractivity contribution in [2.75, 3.05) is 63.1 Å². The summed E-state index contributed by atoms with van der Waals surface area (Å²) in [7, 11) is -3.63. The monoisotopic (exact) mass is 472 g/mol. The average molecular weight is 473 g/mol. The van der Waals surface area contributed by atoms with Crippen LogP contribution in [-0.2, 0) is 24.2 Å². The number of benzene rings is 1. The molecule has 2 N–H and O–H groups in total. The summed E-state index contributed by atoms with van der Waals surface area (Å²) in [6.45, 7) is 4.65. The summed E-state index contributed by atoms with van der Waals surface area (Å²) in [4.78, 5) is 13.5. The number of hydrogen-bond donors (Lipinski definition) is 2. The van der Waals surface area contributed by atoms with E-state index in [4.69, 9.17) is 18.9 Å². The van der Waals surface area contributed by atoms with E-state index in [1.165, 1.54) is 18.2 Å². The number of hydrogen-bond acceptors (Lipinski definition) is 8. The summed E-state index contributed by atoms with van der Waals surface area (Å²) >= 11 is 0. The molecule has 10 nitrogen and oxygen atoms in total. The molecular formula is C21H32N2O8S. The number of ether oxygens (including phenoxy) is 4. The van der Waals surface area contributed by atoms with E-state index in [-0.39, 0.29) is 42.3 Å². The third kappa shape index (κ3) is 8.21. The van der Waals surface area contributed by atoms with Gasteiger partial charge in [0.25, 0.3) is 0 Å². The summed E-state index contributed by atoms with van der Waals surface area (Å²) in [5.41, 5.74) is 0.210. The van der Waals surface area contributed by atoms with Crippen LogP contribution in [0.3, 0.4) is 0 Å². The van der Waals surface area contributed by atoms with Crippen LogP contribution in [0.2, 0.25) is 0 Å². The molecule has 2 heterocycles. The van der Waals surface area contributed by atoms with Crippen LogP contribution in [0.1, 0.15) is 36.0 Å². The molecule has 32 heavy (non-hydrogen) atoms. The molecule has 2 saturated heterocycles. The highest BCUT2D eigenvalue weighted by Crippen LogP contribution is 2.27. The minimum Gasteiger partial charge on any atom is -0.489 e. The third-order valence-electron chi connectivity index (χ3n) is 5.27. The molecule has 1 aromatic carbocycles. The zero-order valence-corrected chi connectivity index (χ0v) is 19.0. The molecule has 0 aromatic heterocycles. The Bertz CT molecular complexity index is 836. The van der Waals surface area contributed by atoms with E-state index >= 15 is 0 Å². The predicted octanol–water partition coefficient (Wildman–Crippen LogP) is 1.77. The Balaban J connectivity index is 1.54. The van der Waals surface area contributed by atoms with E-state index in [0.717, 1.165) is 32.4 Å². The number of morpholine rings is 1. The van der Waals surface area contributed by atoms with E-state index in [2.05, 4.69) is 9.62 Å². The SMILES string of the molecule is O=C(O)c1ccc(NS(=O)(=O)CCCN2CCOCC2)c(OCCOC2CCCCO2)c1. The smallest absolute Gasteiger partial charge is 0.335 e. The maximum Gasteiger partial charge on any atom is 0.335 e. The lowest BCUT2D eigenvalue weighted by Gasteiger charge is -2.26. The molecule has 2 aliphatic heterocycles. The first-order valence-corrected chi connectivity index (χ1v) is 12.6. The molecular weight excluding hydrogens is 440 g/mol. The average Bonchev–Trinajstić information content (AvgIpc) is 2.78. The van der Waals surface area contributed by atoms with Crippen molar-refractivity contribution in [2.24, 2.45) is 0 Å². The lowest BCUT2D eigenvalue weighted by Crippen LogP contribution is -2.37. The van der Waals surface area contributed by atoms with Gasteiger partial charge in [-0.05, 0) is 50.4 Å². The molecule has 0 bridgehead atoms. The molecule has 2 fully saturated rings. The Morgan fingerprint density at radius 1 is 1.19 bits per heavy atom. The largest absolute Gasteiger partial charge is 0.489 e. The van der Waals surface area contributed by atoms with Gasteiger partial charge in [0.1, 0.15) is 12.4 Å². The molecule has 0 amide bonds. The molecule has 2 aliphatic rings. The topological polar surface area (TPSA) is 124 Å². The number of carboxylic acid groups (broad SMARTS) is 1. The fraction of sp³-hybridized carbons (Fsp3) is 0.667. The van der Waals surface area contributed by atoms with Gasteiger partial charge in [-0.15, -0.1) is 0 Å². The minimum absolute atomic E-state index is 0.00629. The van der Waals surface area contributed by atoms with E-state index in [0.29, 0.717) is 32.8 Å². The van der Waals surface area contributed by atoms with Gasteiger partial charge in [-0.2, -0.15) is 0 Å². The van der Waals surface area contributed by atoms with Gasteiger partial charge in [0.15, 0.2) is 6.29 Å². The molecule has 0 radical (unpaired) electrons. The molecule has 1 aromatic rings. The van der Waals surface area contributed by atoms with Gasteiger partial charge in [0, 0.05) is 19.7 Å². The van der Waals surface area contributed by atoms with Crippen molar-refractivity contribution in [3.8, 4) is 5.75 Å². The second-order valence-electron chi connectivity index (χ2n) is 7.76. The fourth-order valence-electron chi connectivity index (χ4n) is 3.55. The highest BCUT2D eigenvalue weighted by Gasteiger charge is 2.18. The number of nitrogens with zero attached hydrogens (tertiary/aromatic N) is 1. The maximum atomic E-state index is 12.6. The number of carboxylic acids is 1. The molecule has 0 spiro atoms. The first-order valence-electron chi connectivity index (χ1n) is 11.0. The van der Waals surface area contributed by atoms with Gasteiger partial charge < -0.3 is 24.1 Å². The molecule has 11 heteroatoms. The van der Waals surface area contributed by atoms with Crippen LogP contribution in [0.15, 0.2) is 18.2 Å². The van der Waals surface area contributed by atoms with E-state index in [1.807, 2.05) is 0 Å². The zero-order chi connectivity index (χ0) is 22.8. The maximum absolute atomic E-state index is 12.6. The van der Waals surface area contributed by atoms with Crippen molar-refractivity contribution in [1.29, 1.82) is 0 Å². The van der Waals surface area contributed by atoms with Gasteiger partial charge >= 0.3 is 5.97 Å². The summed E-state index contributed by atoms with van der Waals surface area (Å²) in [6, 6.07) is 4.06. The van der Waals surface area contributed by atoms with Crippen molar-refractivity contribution >= 4 is 21.7 Å². The normalized spacial score (nSPS) is 20.1. The van der Waals surface area contributed by atoms with Gasteiger partial charge in [-0.1, -0.05) is 0 Å². The number of aromatic carboxylic acids is 1. The molecule has 1 unspecified atom stereocenters. The standard InChI is InChI=1S/C21H32N2O8S/c24-21(25)17-5-6-18(19(16-17)29-13-14-31-20-4-1-2-10-30-20)22-32(26,27)15-3-7-23-8-11-28-12-9-23/h5-6,16,20,22H,1-4,7-15H2,(H,24,25). The van der Waals surface area contributed by atoms with Crippen LogP contribution < -0.4 is 9.46 Å².